The van der Waals surface area contributed by atoms with E-state index in [1.807, 2.05) is 36.4 Å². The lowest BCUT2D eigenvalue weighted by molar-refractivity contribution is 0.0767. The lowest BCUT2D eigenvalue weighted by Gasteiger charge is -2.39. The van der Waals surface area contributed by atoms with E-state index in [4.69, 9.17) is 5.26 Å². The summed E-state index contributed by atoms with van der Waals surface area (Å²) in [7, 11) is 0. The molecule has 0 radical (unpaired) electrons. The highest BCUT2D eigenvalue weighted by Crippen LogP contribution is 2.20. The number of hydrogen-bond donors (Lipinski definition) is 0. The maximum absolute atomic E-state index is 12.2. The van der Waals surface area contributed by atoms with Gasteiger partial charge in [-0.2, -0.15) is 10.4 Å². The van der Waals surface area contributed by atoms with Crippen LogP contribution in [0.4, 0.5) is 0 Å². The third-order valence-electron chi connectivity index (χ3n) is 4.78. The predicted octanol–water partition coefficient (Wildman–Crippen LogP) is 2.31. The zero-order valence-corrected chi connectivity index (χ0v) is 14.8. The second kappa shape index (κ2) is 7.52. The predicted molar refractivity (Wildman–Crippen MR) is 102 cm³/mol. The van der Waals surface area contributed by atoms with Crippen LogP contribution in [0.1, 0.15) is 11.1 Å². The summed E-state index contributed by atoms with van der Waals surface area (Å²) in [5, 5.41) is 13.4. The van der Waals surface area contributed by atoms with Crippen molar-refractivity contribution >= 4 is 0 Å². The first-order valence-corrected chi connectivity index (χ1v) is 8.91. The number of benzene rings is 1. The summed E-state index contributed by atoms with van der Waals surface area (Å²) in [6, 6.07) is 16.9. The summed E-state index contributed by atoms with van der Waals surface area (Å²) >= 11 is 0. The molecule has 1 aliphatic rings. The molecule has 1 aliphatic heterocycles. The van der Waals surface area contributed by atoms with Gasteiger partial charge >= 0.3 is 0 Å². The lowest BCUT2D eigenvalue weighted by Crippen LogP contribution is -2.48. The van der Waals surface area contributed by atoms with Crippen LogP contribution in [0, 0.1) is 17.2 Å². The Kier molecular flexibility index (Phi) is 4.77. The van der Waals surface area contributed by atoms with Gasteiger partial charge < -0.3 is 0 Å². The van der Waals surface area contributed by atoms with Crippen LogP contribution in [-0.4, -0.2) is 32.8 Å². The molecule has 134 valence electrons. The minimum Gasteiger partial charge on any atom is -0.298 e. The van der Waals surface area contributed by atoms with Gasteiger partial charge in [-0.1, -0.05) is 12.1 Å². The van der Waals surface area contributed by atoms with Crippen molar-refractivity contribution in [2.45, 2.75) is 13.1 Å². The summed E-state index contributed by atoms with van der Waals surface area (Å²) in [4.78, 5) is 18.6. The maximum Gasteiger partial charge on any atom is 0.266 e. The zero-order chi connectivity index (χ0) is 18.6. The van der Waals surface area contributed by atoms with Crippen molar-refractivity contribution in [1.82, 2.24) is 19.7 Å². The van der Waals surface area contributed by atoms with E-state index in [-0.39, 0.29) is 5.56 Å². The molecule has 0 bridgehead atoms. The summed E-state index contributed by atoms with van der Waals surface area (Å²) in [5.41, 5.74) is 3.47. The highest BCUT2D eigenvalue weighted by atomic mass is 16.1. The SMILES string of the molecule is N#Cc1ccc(CN2CC(Cn3nc(-c4cccnc4)ccc3=O)C2)cc1. The lowest BCUT2D eigenvalue weighted by atomic mass is 9.99. The number of nitriles is 1. The molecule has 6 nitrogen and oxygen atoms in total. The van der Waals surface area contributed by atoms with Gasteiger partial charge in [0.25, 0.3) is 5.56 Å². The molecule has 1 fully saturated rings. The van der Waals surface area contributed by atoms with Gasteiger partial charge in [0, 0.05) is 49.6 Å². The summed E-state index contributed by atoms with van der Waals surface area (Å²) in [5.74, 6) is 0.415. The van der Waals surface area contributed by atoms with Gasteiger partial charge in [0.2, 0.25) is 0 Å². The van der Waals surface area contributed by atoms with Crippen molar-refractivity contribution in [2.75, 3.05) is 13.1 Å². The molecule has 0 saturated carbocycles. The van der Waals surface area contributed by atoms with Crippen LogP contribution in [0.25, 0.3) is 11.3 Å². The molecule has 3 aromatic rings. The first-order valence-electron chi connectivity index (χ1n) is 8.91. The van der Waals surface area contributed by atoms with Crippen molar-refractivity contribution in [2.24, 2.45) is 5.92 Å². The number of nitrogens with zero attached hydrogens (tertiary/aromatic N) is 5. The van der Waals surface area contributed by atoms with Gasteiger partial charge in [0.1, 0.15) is 0 Å². The van der Waals surface area contributed by atoms with Crippen LogP contribution in [-0.2, 0) is 13.1 Å². The highest BCUT2D eigenvalue weighted by molar-refractivity contribution is 5.56. The standard InChI is InChI=1S/C21H19N5O/c22-10-16-3-5-17(6-4-16)12-25-13-18(14-25)15-26-21(27)8-7-20(24-26)19-2-1-9-23-11-19/h1-9,11,18H,12-15H2. The maximum atomic E-state index is 12.2. The van der Waals surface area contributed by atoms with Crippen molar-refractivity contribution in [3.8, 4) is 17.3 Å². The molecule has 0 amide bonds. The van der Waals surface area contributed by atoms with Crippen LogP contribution >= 0.6 is 0 Å². The number of pyridine rings is 1. The van der Waals surface area contributed by atoms with Crippen molar-refractivity contribution in [3.63, 3.8) is 0 Å². The average molecular weight is 357 g/mol. The minimum atomic E-state index is -0.0758. The molecular formula is C21H19N5O. The van der Waals surface area contributed by atoms with Gasteiger partial charge in [-0.25, -0.2) is 4.68 Å². The molecular weight excluding hydrogens is 338 g/mol. The Hall–Kier alpha value is -3.30. The third kappa shape index (κ3) is 3.94. The molecule has 0 spiro atoms. The molecule has 0 aliphatic carbocycles. The molecule has 3 heterocycles. The largest absolute Gasteiger partial charge is 0.298 e. The zero-order valence-electron chi connectivity index (χ0n) is 14.8. The number of hydrogen-bond acceptors (Lipinski definition) is 5. The summed E-state index contributed by atoms with van der Waals surface area (Å²) in [6.07, 6.45) is 3.47. The molecule has 1 saturated heterocycles. The number of likely N-dealkylation sites (tertiary alicyclic amines) is 1. The van der Waals surface area contributed by atoms with E-state index >= 15 is 0 Å². The molecule has 0 N–H and O–H groups in total. The van der Waals surface area contributed by atoms with Gasteiger partial charge in [-0.15, -0.1) is 0 Å². The molecule has 6 heteroatoms. The molecule has 4 rings (SSSR count). The van der Waals surface area contributed by atoms with Crippen LogP contribution < -0.4 is 5.56 Å². The molecule has 1 aromatic carbocycles. The summed E-state index contributed by atoms with van der Waals surface area (Å²) < 4.78 is 1.56. The fourth-order valence-corrected chi connectivity index (χ4v) is 3.36. The highest BCUT2D eigenvalue weighted by Gasteiger charge is 2.27. The normalized spacial score (nSPS) is 14.5. The summed E-state index contributed by atoms with van der Waals surface area (Å²) in [6.45, 7) is 3.35. The van der Waals surface area contributed by atoms with Crippen molar-refractivity contribution in [1.29, 1.82) is 5.26 Å². The van der Waals surface area contributed by atoms with E-state index in [1.165, 1.54) is 5.56 Å². The van der Waals surface area contributed by atoms with Gasteiger partial charge in [0.15, 0.2) is 0 Å². The van der Waals surface area contributed by atoms with E-state index in [9.17, 15) is 4.79 Å². The van der Waals surface area contributed by atoms with Crippen molar-refractivity contribution in [3.05, 3.63) is 82.4 Å². The van der Waals surface area contributed by atoms with Crippen LogP contribution in [0.2, 0.25) is 0 Å². The molecule has 27 heavy (non-hydrogen) atoms. The minimum absolute atomic E-state index is 0.0758. The fraction of sp³-hybridized carbons (Fsp3) is 0.238. The number of aromatic nitrogens is 3. The van der Waals surface area contributed by atoms with Gasteiger partial charge in [0.05, 0.1) is 23.9 Å². The Bertz CT molecular complexity index is 1010. The molecule has 2 aromatic heterocycles. The quantitative estimate of drug-likeness (QED) is 0.700. The van der Waals surface area contributed by atoms with E-state index in [0.29, 0.717) is 18.0 Å². The Morgan fingerprint density at radius 1 is 1.11 bits per heavy atom. The Morgan fingerprint density at radius 3 is 2.63 bits per heavy atom. The van der Waals surface area contributed by atoms with Crippen LogP contribution in [0.3, 0.4) is 0 Å². The van der Waals surface area contributed by atoms with E-state index in [1.54, 1.807) is 29.2 Å². The van der Waals surface area contributed by atoms with Crippen molar-refractivity contribution < 1.29 is 0 Å². The second-order valence-electron chi connectivity index (χ2n) is 6.85. The van der Waals surface area contributed by atoms with E-state index < -0.39 is 0 Å². The topological polar surface area (TPSA) is 74.8 Å². The molecule has 0 unspecified atom stereocenters. The number of rotatable bonds is 5. The second-order valence-corrected chi connectivity index (χ2v) is 6.85. The third-order valence-corrected chi connectivity index (χ3v) is 4.78. The van der Waals surface area contributed by atoms with Gasteiger partial charge in [-0.3, -0.25) is 14.7 Å². The Labute approximate surface area is 157 Å². The van der Waals surface area contributed by atoms with Gasteiger partial charge in [-0.05, 0) is 35.9 Å². The first kappa shape index (κ1) is 17.1. The Balaban J connectivity index is 1.37. The monoisotopic (exact) mass is 357 g/mol. The first-order chi connectivity index (χ1) is 13.2. The molecule has 0 atom stereocenters. The van der Waals surface area contributed by atoms with Crippen LogP contribution in [0.15, 0.2) is 65.7 Å². The van der Waals surface area contributed by atoms with E-state index in [0.717, 1.165) is 30.9 Å². The van der Waals surface area contributed by atoms with Crippen LogP contribution in [0.5, 0.6) is 0 Å². The Morgan fingerprint density at radius 2 is 1.93 bits per heavy atom. The smallest absolute Gasteiger partial charge is 0.266 e. The fourth-order valence-electron chi connectivity index (χ4n) is 3.36. The van der Waals surface area contributed by atoms with E-state index in [2.05, 4.69) is 21.1 Å². The average Bonchev–Trinajstić information content (AvgIpc) is 2.69.